The number of thiophene rings is 1. The van der Waals surface area contributed by atoms with Crippen molar-refractivity contribution in [2.24, 2.45) is 0 Å². The van der Waals surface area contributed by atoms with Gasteiger partial charge in [-0.2, -0.15) is 0 Å². The summed E-state index contributed by atoms with van der Waals surface area (Å²) in [5, 5.41) is 10.4. The van der Waals surface area contributed by atoms with E-state index < -0.39 is 6.10 Å². The largest absolute Gasteiger partial charge is 0.383 e. The quantitative estimate of drug-likeness (QED) is 0.710. The van der Waals surface area contributed by atoms with Gasteiger partial charge in [0.2, 0.25) is 0 Å². The van der Waals surface area contributed by atoms with E-state index >= 15 is 0 Å². The molecule has 0 saturated carbocycles. The second-order valence-electron chi connectivity index (χ2n) is 4.40. The first-order valence-electron chi connectivity index (χ1n) is 6.00. The van der Waals surface area contributed by atoms with Gasteiger partial charge in [0.1, 0.15) is 10.4 Å². The van der Waals surface area contributed by atoms with E-state index in [2.05, 4.69) is 22.0 Å². The molecule has 1 aromatic heterocycles. The number of allylic oxidation sites excluding steroid dienone is 1. The van der Waals surface area contributed by atoms with Crippen molar-refractivity contribution in [2.75, 3.05) is 0 Å². The Morgan fingerprint density at radius 3 is 2.76 bits per heavy atom. The summed E-state index contributed by atoms with van der Waals surface area (Å²) in [6, 6.07) is 1.93. The van der Waals surface area contributed by atoms with E-state index in [0.29, 0.717) is 4.34 Å². The summed E-state index contributed by atoms with van der Waals surface area (Å²) in [5.41, 5.74) is 1.16. The first kappa shape index (κ1) is 13.6. The zero-order valence-corrected chi connectivity index (χ0v) is 12.7. The van der Waals surface area contributed by atoms with Crippen molar-refractivity contribution in [3.63, 3.8) is 0 Å². The van der Waals surface area contributed by atoms with Gasteiger partial charge in [0.25, 0.3) is 0 Å². The maximum absolute atomic E-state index is 10.4. The molecule has 1 atom stereocenters. The molecule has 1 unspecified atom stereocenters. The van der Waals surface area contributed by atoms with Crippen LogP contribution in [0.3, 0.4) is 0 Å². The molecule has 94 valence electrons. The van der Waals surface area contributed by atoms with Gasteiger partial charge in [0.05, 0.1) is 0 Å². The normalized spacial score (nSPS) is 19.4. The molecule has 0 radical (unpaired) electrons. The van der Waals surface area contributed by atoms with Crippen molar-refractivity contribution in [1.82, 2.24) is 0 Å². The van der Waals surface area contributed by atoms with Crippen LogP contribution in [0.4, 0.5) is 0 Å². The molecule has 1 heterocycles. The van der Waals surface area contributed by atoms with Crippen LogP contribution in [0.25, 0.3) is 0 Å². The van der Waals surface area contributed by atoms with Crippen LogP contribution in [-0.2, 0) is 0 Å². The number of aliphatic hydroxyl groups is 1. The maximum Gasteiger partial charge on any atom is 0.109 e. The fourth-order valence-corrected chi connectivity index (χ4v) is 3.91. The van der Waals surface area contributed by atoms with Gasteiger partial charge in [-0.1, -0.05) is 30.5 Å². The summed E-state index contributed by atoms with van der Waals surface area (Å²) >= 11 is 10.9. The summed E-state index contributed by atoms with van der Waals surface area (Å²) in [6.07, 6.45) is 8.86. The SMILES string of the molecule is OC(C1=CCCCCCC1)c1cc(Br)c(Cl)s1. The highest BCUT2D eigenvalue weighted by Gasteiger charge is 2.17. The third-order valence-corrected chi connectivity index (χ3v) is 5.64. The zero-order valence-electron chi connectivity index (χ0n) is 9.59. The van der Waals surface area contributed by atoms with Crippen molar-refractivity contribution in [3.8, 4) is 0 Å². The fourth-order valence-electron chi connectivity index (χ4n) is 2.15. The molecular weight excluding hydrogens is 320 g/mol. The van der Waals surface area contributed by atoms with Crippen LogP contribution >= 0.6 is 38.9 Å². The zero-order chi connectivity index (χ0) is 12.3. The number of rotatable bonds is 2. The van der Waals surface area contributed by atoms with E-state index in [4.69, 9.17) is 11.6 Å². The molecule has 0 bridgehead atoms. The van der Waals surface area contributed by atoms with E-state index in [9.17, 15) is 5.11 Å². The van der Waals surface area contributed by atoms with E-state index in [1.54, 1.807) is 0 Å². The molecule has 1 aliphatic carbocycles. The summed E-state index contributed by atoms with van der Waals surface area (Å²) in [6.45, 7) is 0. The van der Waals surface area contributed by atoms with Crippen LogP contribution in [0.2, 0.25) is 4.34 Å². The smallest absolute Gasteiger partial charge is 0.109 e. The Morgan fingerprint density at radius 2 is 2.06 bits per heavy atom. The van der Waals surface area contributed by atoms with Crippen LogP contribution in [0, 0.1) is 0 Å². The third kappa shape index (κ3) is 3.57. The molecule has 17 heavy (non-hydrogen) atoms. The van der Waals surface area contributed by atoms with Gasteiger partial charge >= 0.3 is 0 Å². The van der Waals surface area contributed by atoms with E-state index in [1.165, 1.54) is 37.0 Å². The summed E-state index contributed by atoms with van der Waals surface area (Å²) in [4.78, 5) is 0.939. The number of hydrogen-bond donors (Lipinski definition) is 1. The lowest BCUT2D eigenvalue weighted by molar-refractivity contribution is 0.213. The number of aliphatic hydroxyl groups excluding tert-OH is 1. The molecule has 0 spiro atoms. The molecule has 1 N–H and O–H groups in total. The monoisotopic (exact) mass is 334 g/mol. The standard InChI is InChI=1S/C13H16BrClOS/c14-10-8-11(17-13(10)15)12(16)9-6-4-2-1-3-5-7-9/h6,8,12,16H,1-5,7H2. The van der Waals surface area contributed by atoms with E-state index in [-0.39, 0.29) is 0 Å². The molecule has 2 rings (SSSR count). The van der Waals surface area contributed by atoms with Crippen LogP contribution < -0.4 is 0 Å². The first-order chi connectivity index (χ1) is 8.18. The van der Waals surface area contributed by atoms with Crippen molar-refractivity contribution in [3.05, 3.63) is 31.4 Å². The molecule has 0 aromatic carbocycles. The van der Waals surface area contributed by atoms with Crippen LogP contribution in [-0.4, -0.2) is 5.11 Å². The molecular formula is C13H16BrClOS. The Hall–Kier alpha value is 0.170. The second kappa shape index (κ2) is 6.37. The highest BCUT2D eigenvalue weighted by atomic mass is 79.9. The lowest BCUT2D eigenvalue weighted by Gasteiger charge is -2.16. The predicted octanol–water partition coefficient (Wildman–Crippen LogP) is 5.48. The van der Waals surface area contributed by atoms with Gasteiger partial charge in [-0.05, 0) is 53.3 Å². The van der Waals surface area contributed by atoms with Crippen LogP contribution in [0.15, 0.2) is 22.2 Å². The van der Waals surface area contributed by atoms with Gasteiger partial charge in [0, 0.05) is 9.35 Å². The number of halogens is 2. The van der Waals surface area contributed by atoms with Gasteiger partial charge < -0.3 is 5.11 Å². The topological polar surface area (TPSA) is 20.2 Å². The van der Waals surface area contributed by atoms with Gasteiger partial charge in [-0.3, -0.25) is 0 Å². The lowest BCUT2D eigenvalue weighted by Crippen LogP contribution is -2.01. The van der Waals surface area contributed by atoms with Crippen LogP contribution in [0.5, 0.6) is 0 Å². The first-order valence-corrected chi connectivity index (χ1v) is 7.99. The van der Waals surface area contributed by atoms with E-state index in [0.717, 1.165) is 27.8 Å². The minimum absolute atomic E-state index is 0.470. The highest BCUT2D eigenvalue weighted by molar-refractivity contribution is 9.10. The minimum Gasteiger partial charge on any atom is -0.383 e. The molecule has 0 aliphatic heterocycles. The summed E-state index contributed by atoms with van der Waals surface area (Å²) in [5.74, 6) is 0. The Kier molecular flexibility index (Phi) is 5.10. The predicted molar refractivity (Wildman–Crippen MR) is 77.8 cm³/mol. The van der Waals surface area contributed by atoms with Crippen LogP contribution in [0.1, 0.15) is 49.5 Å². The molecule has 1 aromatic rings. The molecule has 0 saturated heterocycles. The van der Waals surface area contributed by atoms with Gasteiger partial charge in [-0.25, -0.2) is 0 Å². The average molecular weight is 336 g/mol. The second-order valence-corrected chi connectivity index (χ2v) is 6.95. The Bertz CT molecular complexity index is 394. The molecule has 4 heteroatoms. The highest BCUT2D eigenvalue weighted by Crippen LogP contribution is 2.38. The summed E-state index contributed by atoms with van der Waals surface area (Å²) < 4.78 is 1.59. The summed E-state index contributed by atoms with van der Waals surface area (Å²) in [7, 11) is 0. The third-order valence-electron chi connectivity index (χ3n) is 3.11. The minimum atomic E-state index is -0.470. The molecule has 0 amide bonds. The number of hydrogen-bond acceptors (Lipinski definition) is 2. The average Bonchev–Trinajstić information content (AvgIpc) is 2.58. The fraction of sp³-hybridized carbons (Fsp3) is 0.538. The van der Waals surface area contributed by atoms with Crippen molar-refractivity contribution < 1.29 is 5.11 Å². The molecule has 1 nitrogen and oxygen atoms in total. The Labute approximate surface area is 120 Å². The van der Waals surface area contributed by atoms with Gasteiger partial charge in [0.15, 0.2) is 0 Å². The lowest BCUT2D eigenvalue weighted by atomic mass is 9.96. The Morgan fingerprint density at radius 1 is 1.29 bits per heavy atom. The molecule has 1 aliphatic rings. The van der Waals surface area contributed by atoms with Crippen molar-refractivity contribution in [1.29, 1.82) is 0 Å². The molecule has 0 fully saturated rings. The Balaban J connectivity index is 2.14. The maximum atomic E-state index is 10.4. The van der Waals surface area contributed by atoms with Gasteiger partial charge in [-0.15, -0.1) is 11.3 Å². The van der Waals surface area contributed by atoms with Crippen molar-refractivity contribution in [2.45, 2.75) is 44.6 Å². The van der Waals surface area contributed by atoms with Crippen molar-refractivity contribution >= 4 is 38.9 Å². The van der Waals surface area contributed by atoms with E-state index in [1.807, 2.05) is 6.07 Å².